The Labute approximate surface area is 152 Å². The molecule has 25 heavy (non-hydrogen) atoms. The molecule has 2 aromatic carbocycles. The largest absolute Gasteiger partial charge is 0.495 e. The van der Waals surface area contributed by atoms with Gasteiger partial charge in [-0.25, -0.2) is 0 Å². The van der Waals surface area contributed by atoms with E-state index < -0.39 is 5.91 Å². The smallest absolute Gasteiger partial charge is 0.233 e. The van der Waals surface area contributed by atoms with Crippen LogP contribution in [0.4, 0.5) is 5.69 Å². The fourth-order valence-corrected chi connectivity index (χ4v) is 2.51. The Morgan fingerprint density at radius 1 is 1.12 bits per heavy atom. The van der Waals surface area contributed by atoms with Crippen LogP contribution in [-0.2, 0) is 16.1 Å². The van der Waals surface area contributed by atoms with E-state index in [-0.39, 0.29) is 12.3 Å². The average Bonchev–Trinajstić information content (AvgIpc) is 2.56. The lowest BCUT2D eigenvalue weighted by Crippen LogP contribution is -2.27. The summed E-state index contributed by atoms with van der Waals surface area (Å²) in [5.74, 6) is -0.311. The van der Waals surface area contributed by atoms with Gasteiger partial charge in [-0.2, -0.15) is 0 Å². The summed E-state index contributed by atoms with van der Waals surface area (Å²) in [6, 6.07) is 11.2. The fraction of sp³-hybridized carbons (Fsp3) is 0.263. The van der Waals surface area contributed by atoms with Gasteiger partial charge in [0, 0.05) is 17.6 Å². The summed E-state index contributed by atoms with van der Waals surface area (Å²) in [4.78, 5) is 24.0. The number of nitrogens with one attached hydrogen (secondary N) is 2. The molecule has 0 aliphatic carbocycles. The maximum Gasteiger partial charge on any atom is 0.233 e. The molecular formula is C19H21ClN2O3. The minimum Gasteiger partial charge on any atom is -0.495 e. The normalized spacial score (nSPS) is 10.2. The molecule has 0 bridgehead atoms. The van der Waals surface area contributed by atoms with Crippen molar-refractivity contribution in [2.75, 3.05) is 12.4 Å². The van der Waals surface area contributed by atoms with Crippen molar-refractivity contribution in [1.82, 2.24) is 5.32 Å². The number of benzene rings is 2. The summed E-state index contributed by atoms with van der Waals surface area (Å²) in [5, 5.41) is 5.97. The first kappa shape index (κ1) is 18.8. The summed E-state index contributed by atoms with van der Waals surface area (Å²) >= 11 is 6.04. The van der Waals surface area contributed by atoms with Crippen LogP contribution in [0.15, 0.2) is 36.4 Å². The van der Waals surface area contributed by atoms with E-state index in [4.69, 9.17) is 16.3 Å². The van der Waals surface area contributed by atoms with E-state index in [1.165, 1.54) is 7.11 Å². The highest BCUT2D eigenvalue weighted by atomic mass is 35.5. The third kappa shape index (κ3) is 5.50. The summed E-state index contributed by atoms with van der Waals surface area (Å²) in [7, 11) is 1.49. The molecule has 0 atom stereocenters. The number of rotatable bonds is 6. The van der Waals surface area contributed by atoms with Gasteiger partial charge in [0.2, 0.25) is 11.8 Å². The summed E-state index contributed by atoms with van der Waals surface area (Å²) < 4.78 is 5.20. The first-order valence-corrected chi connectivity index (χ1v) is 8.23. The molecule has 2 N–H and O–H groups in total. The molecule has 2 amide bonds. The van der Waals surface area contributed by atoms with Crippen molar-refractivity contribution in [3.05, 3.63) is 58.1 Å². The predicted molar refractivity (Wildman–Crippen MR) is 99.0 cm³/mol. The maximum atomic E-state index is 12.1. The fourth-order valence-electron chi connectivity index (χ4n) is 2.36. The lowest BCUT2D eigenvalue weighted by atomic mass is 10.1. The minimum atomic E-state index is -0.415. The first-order valence-electron chi connectivity index (χ1n) is 7.85. The van der Waals surface area contributed by atoms with Crippen molar-refractivity contribution in [3.8, 4) is 5.75 Å². The molecule has 2 aromatic rings. The number of anilines is 1. The number of amides is 2. The summed E-state index contributed by atoms with van der Waals surface area (Å²) in [6.45, 7) is 4.20. The molecule has 0 radical (unpaired) electrons. The average molecular weight is 361 g/mol. The van der Waals surface area contributed by atoms with Gasteiger partial charge in [-0.05, 0) is 31.0 Å². The minimum absolute atomic E-state index is 0.267. The SMILES string of the molecule is COc1cc(Cl)c(C)cc1NC(=O)CC(=O)NCc1cccc(C)c1. The van der Waals surface area contributed by atoms with Gasteiger partial charge < -0.3 is 15.4 Å². The number of aryl methyl sites for hydroxylation is 2. The van der Waals surface area contributed by atoms with Crippen LogP contribution < -0.4 is 15.4 Å². The van der Waals surface area contributed by atoms with E-state index in [2.05, 4.69) is 10.6 Å². The number of halogens is 1. The second-order valence-electron chi connectivity index (χ2n) is 5.79. The number of hydrogen-bond acceptors (Lipinski definition) is 3. The number of hydrogen-bond donors (Lipinski definition) is 2. The molecular weight excluding hydrogens is 340 g/mol. The molecule has 0 aliphatic rings. The van der Waals surface area contributed by atoms with Gasteiger partial charge in [-0.3, -0.25) is 9.59 Å². The Morgan fingerprint density at radius 2 is 1.88 bits per heavy atom. The van der Waals surface area contributed by atoms with Gasteiger partial charge >= 0.3 is 0 Å². The van der Waals surface area contributed by atoms with Crippen molar-refractivity contribution in [2.24, 2.45) is 0 Å². The van der Waals surface area contributed by atoms with Gasteiger partial charge in [-0.15, -0.1) is 0 Å². The Bertz CT molecular complexity index is 790. The molecule has 0 spiro atoms. The maximum absolute atomic E-state index is 12.1. The van der Waals surface area contributed by atoms with Crippen LogP contribution >= 0.6 is 11.6 Å². The molecule has 0 aromatic heterocycles. The van der Waals surface area contributed by atoms with Crippen molar-refractivity contribution in [1.29, 1.82) is 0 Å². The molecule has 0 aliphatic heterocycles. The number of carbonyl (C=O) groups excluding carboxylic acids is 2. The predicted octanol–water partition coefficient (Wildman–Crippen LogP) is 3.61. The van der Waals surface area contributed by atoms with Crippen LogP contribution in [0.2, 0.25) is 5.02 Å². The van der Waals surface area contributed by atoms with E-state index >= 15 is 0 Å². The van der Waals surface area contributed by atoms with Crippen LogP contribution in [0.1, 0.15) is 23.1 Å². The van der Waals surface area contributed by atoms with Gasteiger partial charge in [0.25, 0.3) is 0 Å². The second kappa shape index (κ2) is 8.53. The van der Waals surface area contributed by atoms with Crippen LogP contribution in [0.5, 0.6) is 5.75 Å². The lowest BCUT2D eigenvalue weighted by molar-refractivity contribution is -0.126. The van der Waals surface area contributed by atoms with Gasteiger partial charge in [0.1, 0.15) is 12.2 Å². The van der Waals surface area contributed by atoms with E-state index in [1.807, 2.05) is 38.1 Å². The molecule has 0 saturated heterocycles. The van der Waals surface area contributed by atoms with Gasteiger partial charge in [0.05, 0.1) is 12.8 Å². The molecule has 0 fully saturated rings. The first-order chi connectivity index (χ1) is 11.9. The van der Waals surface area contributed by atoms with Gasteiger partial charge in [-0.1, -0.05) is 41.4 Å². The topological polar surface area (TPSA) is 67.4 Å². The van der Waals surface area contributed by atoms with Crippen molar-refractivity contribution < 1.29 is 14.3 Å². The molecule has 132 valence electrons. The Morgan fingerprint density at radius 3 is 2.56 bits per heavy atom. The third-order valence-corrected chi connectivity index (χ3v) is 4.06. The molecule has 0 unspecified atom stereocenters. The van der Waals surface area contributed by atoms with Crippen LogP contribution in [0.3, 0.4) is 0 Å². The van der Waals surface area contributed by atoms with E-state index in [0.717, 1.165) is 16.7 Å². The number of methoxy groups -OCH3 is 1. The van der Waals surface area contributed by atoms with E-state index in [9.17, 15) is 9.59 Å². The molecule has 2 rings (SSSR count). The van der Waals surface area contributed by atoms with Crippen LogP contribution in [0.25, 0.3) is 0 Å². The van der Waals surface area contributed by atoms with Crippen molar-refractivity contribution in [2.45, 2.75) is 26.8 Å². The van der Waals surface area contributed by atoms with Crippen molar-refractivity contribution in [3.63, 3.8) is 0 Å². The molecule has 0 saturated carbocycles. The lowest BCUT2D eigenvalue weighted by Gasteiger charge is -2.12. The molecule has 6 heteroatoms. The summed E-state index contributed by atoms with van der Waals surface area (Å²) in [5.41, 5.74) is 3.40. The van der Waals surface area contributed by atoms with Crippen molar-refractivity contribution >= 4 is 29.1 Å². The Kier molecular flexibility index (Phi) is 6.42. The Hall–Kier alpha value is -2.53. The zero-order valence-corrected chi connectivity index (χ0v) is 15.2. The highest BCUT2D eigenvalue weighted by Gasteiger charge is 2.13. The Balaban J connectivity index is 1.91. The second-order valence-corrected chi connectivity index (χ2v) is 6.20. The number of carbonyl (C=O) groups is 2. The van der Waals surface area contributed by atoms with Crippen LogP contribution in [-0.4, -0.2) is 18.9 Å². The van der Waals surface area contributed by atoms with Gasteiger partial charge in [0.15, 0.2) is 0 Å². The third-order valence-electron chi connectivity index (χ3n) is 3.65. The standard InChI is InChI=1S/C19H21ClN2O3/c1-12-5-4-6-14(7-12)11-21-18(23)10-19(24)22-16-8-13(2)15(20)9-17(16)25-3/h4-9H,10-11H2,1-3H3,(H,21,23)(H,22,24). The number of ether oxygens (including phenoxy) is 1. The van der Waals surface area contributed by atoms with E-state index in [1.54, 1.807) is 12.1 Å². The highest BCUT2D eigenvalue weighted by Crippen LogP contribution is 2.30. The highest BCUT2D eigenvalue weighted by molar-refractivity contribution is 6.31. The monoisotopic (exact) mass is 360 g/mol. The molecule has 5 nitrogen and oxygen atoms in total. The zero-order chi connectivity index (χ0) is 18.4. The van der Waals surface area contributed by atoms with E-state index in [0.29, 0.717) is 23.0 Å². The van der Waals surface area contributed by atoms with Crippen LogP contribution in [0, 0.1) is 13.8 Å². The zero-order valence-electron chi connectivity index (χ0n) is 14.5. The quantitative estimate of drug-likeness (QED) is 0.773. The summed E-state index contributed by atoms with van der Waals surface area (Å²) in [6.07, 6.45) is -0.267. The molecule has 0 heterocycles.